The van der Waals surface area contributed by atoms with E-state index in [1.165, 1.54) is 4.90 Å². The first-order valence-electron chi connectivity index (χ1n) is 8.18. The average molecular weight is 352 g/mol. The Hall–Kier alpha value is -1.63. The van der Waals surface area contributed by atoms with Crippen LogP contribution in [0.2, 0.25) is 0 Å². The number of hydrogen-bond acceptors (Lipinski definition) is 3. The monoisotopic (exact) mass is 352 g/mol. The smallest absolute Gasteiger partial charge is 0.323 e. The van der Waals surface area contributed by atoms with Crippen LogP contribution in [-0.2, 0) is 11.3 Å². The number of thioether (sulfide) groups is 1. The molecule has 1 N–H and O–H groups in total. The van der Waals surface area contributed by atoms with Crippen molar-refractivity contribution in [2.75, 3.05) is 0 Å². The van der Waals surface area contributed by atoms with E-state index < -0.39 is 11.3 Å². The first kappa shape index (κ1) is 15.9. The Balaban J connectivity index is 1.50. The van der Waals surface area contributed by atoms with Gasteiger partial charge in [0.1, 0.15) is 5.54 Å². The molecule has 128 valence electrons. The number of nitrogens with one attached hydrogen (secondary N) is 1. The van der Waals surface area contributed by atoms with Gasteiger partial charge in [-0.15, -0.1) is 0 Å². The number of amides is 3. The average Bonchev–Trinajstić information content (AvgIpc) is 3.43. The molecular formula is C17H18F2N2O2S. The molecular weight excluding hydrogens is 334 g/mol. The van der Waals surface area contributed by atoms with Crippen molar-refractivity contribution >= 4 is 23.7 Å². The van der Waals surface area contributed by atoms with Crippen molar-refractivity contribution in [3.63, 3.8) is 0 Å². The van der Waals surface area contributed by atoms with Gasteiger partial charge >= 0.3 is 6.03 Å². The number of nitrogens with zero attached hydrogens (tertiary/aromatic N) is 1. The summed E-state index contributed by atoms with van der Waals surface area (Å²) in [6, 6.07) is 6.25. The predicted molar refractivity (Wildman–Crippen MR) is 85.6 cm³/mol. The topological polar surface area (TPSA) is 49.4 Å². The van der Waals surface area contributed by atoms with Crippen LogP contribution in [0.5, 0.6) is 0 Å². The quantitative estimate of drug-likeness (QED) is 0.628. The zero-order chi connectivity index (χ0) is 16.9. The summed E-state index contributed by atoms with van der Waals surface area (Å²) in [5.41, 5.74) is 0.0854. The molecule has 4 nitrogen and oxygen atoms in total. The number of carbonyl (C=O) groups excluding carboxylic acids is 2. The Labute approximate surface area is 143 Å². The number of imide groups is 1. The molecule has 4 rings (SSSR count). The summed E-state index contributed by atoms with van der Waals surface area (Å²) < 4.78 is 24.7. The first-order chi connectivity index (χ1) is 11.5. The fraction of sp³-hybridized carbons (Fsp3) is 0.529. The summed E-state index contributed by atoms with van der Waals surface area (Å²) in [5, 5.41) is 2.98. The molecule has 3 amide bonds. The standard InChI is InChI=1S/C17H18F2N2O2S/c18-15(19)24-13-7-1-10(2-8-13)9-21-14(22)17(11-3-4-11,12-5-6-12)20-16(21)23/h1-2,7-8,11-12,15H,3-6,9H2,(H,20,23). The van der Waals surface area contributed by atoms with Gasteiger partial charge in [0.05, 0.1) is 6.54 Å². The predicted octanol–water partition coefficient (Wildman–Crippen LogP) is 3.61. The van der Waals surface area contributed by atoms with E-state index in [9.17, 15) is 18.4 Å². The van der Waals surface area contributed by atoms with Crippen molar-refractivity contribution in [1.82, 2.24) is 10.2 Å². The van der Waals surface area contributed by atoms with E-state index in [1.807, 2.05) is 0 Å². The molecule has 0 bridgehead atoms. The molecule has 2 aliphatic carbocycles. The van der Waals surface area contributed by atoms with Crippen molar-refractivity contribution in [2.45, 2.75) is 48.4 Å². The second kappa shape index (κ2) is 5.72. The van der Waals surface area contributed by atoms with Crippen LogP contribution in [0.4, 0.5) is 13.6 Å². The van der Waals surface area contributed by atoms with E-state index in [2.05, 4.69) is 5.32 Å². The molecule has 2 saturated carbocycles. The minimum Gasteiger partial charge on any atom is -0.323 e. The Kier molecular flexibility index (Phi) is 3.78. The molecule has 1 saturated heterocycles. The molecule has 24 heavy (non-hydrogen) atoms. The van der Waals surface area contributed by atoms with Crippen LogP contribution >= 0.6 is 11.8 Å². The van der Waals surface area contributed by atoms with E-state index >= 15 is 0 Å². The molecule has 3 aliphatic rings. The third kappa shape index (κ3) is 2.68. The third-order valence-corrected chi connectivity index (χ3v) is 5.81. The molecule has 7 heteroatoms. The lowest BCUT2D eigenvalue weighted by Crippen LogP contribution is -2.51. The van der Waals surface area contributed by atoms with Gasteiger partial charge in [-0.05, 0) is 55.2 Å². The summed E-state index contributed by atoms with van der Waals surface area (Å²) >= 11 is 0.482. The molecule has 0 atom stereocenters. The summed E-state index contributed by atoms with van der Waals surface area (Å²) in [4.78, 5) is 27.1. The Morgan fingerprint density at radius 1 is 1.12 bits per heavy atom. The highest BCUT2D eigenvalue weighted by atomic mass is 32.2. The molecule has 1 aromatic rings. The van der Waals surface area contributed by atoms with Gasteiger partial charge in [0.2, 0.25) is 0 Å². The van der Waals surface area contributed by atoms with Crippen molar-refractivity contribution in [2.24, 2.45) is 11.8 Å². The van der Waals surface area contributed by atoms with Crippen molar-refractivity contribution in [3.05, 3.63) is 29.8 Å². The van der Waals surface area contributed by atoms with Crippen LogP contribution < -0.4 is 5.32 Å². The lowest BCUT2D eigenvalue weighted by atomic mass is 9.87. The maximum Gasteiger partial charge on any atom is 0.325 e. The summed E-state index contributed by atoms with van der Waals surface area (Å²) in [6.45, 7) is 0.186. The number of benzene rings is 1. The van der Waals surface area contributed by atoms with Crippen LogP contribution in [0.15, 0.2) is 29.2 Å². The molecule has 1 heterocycles. The van der Waals surface area contributed by atoms with Gasteiger partial charge in [-0.2, -0.15) is 8.78 Å². The maximum atomic E-state index is 13.0. The van der Waals surface area contributed by atoms with Gasteiger partial charge < -0.3 is 5.32 Å². The number of alkyl halides is 2. The van der Waals surface area contributed by atoms with Gasteiger partial charge in [0.15, 0.2) is 0 Å². The number of hydrogen-bond donors (Lipinski definition) is 1. The van der Waals surface area contributed by atoms with Gasteiger partial charge in [-0.25, -0.2) is 4.79 Å². The molecule has 3 fully saturated rings. The zero-order valence-electron chi connectivity index (χ0n) is 13.0. The Morgan fingerprint density at radius 3 is 2.21 bits per heavy atom. The van der Waals surface area contributed by atoms with Crippen LogP contribution in [-0.4, -0.2) is 28.1 Å². The van der Waals surface area contributed by atoms with Gasteiger partial charge in [0.25, 0.3) is 11.7 Å². The summed E-state index contributed by atoms with van der Waals surface area (Å²) in [7, 11) is 0. The van der Waals surface area contributed by atoms with Crippen LogP contribution in [0.3, 0.4) is 0 Å². The SMILES string of the molecule is O=C1NC(C2CC2)(C2CC2)C(=O)N1Cc1ccc(SC(F)F)cc1. The maximum absolute atomic E-state index is 13.0. The van der Waals surface area contributed by atoms with Crippen molar-refractivity contribution in [1.29, 1.82) is 0 Å². The van der Waals surface area contributed by atoms with Crippen molar-refractivity contribution < 1.29 is 18.4 Å². The normalized spacial score (nSPS) is 23.0. The van der Waals surface area contributed by atoms with E-state index in [-0.39, 0.29) is 30.3 Å². The minimum absolute atomic E-state index is 0.108. The van der Waals surface area contributed by atoms with E-state index in [4.69, 9.17) is 0 Å². The van der Waals surface area contributed by atoms with E-state index in [0.29, 0.717) is 16.7 Å². The summed E-state index contributed by atoms with van der Waals surface area (Å²) in [6.07, 6.45) is 3.98. The summed E-state index contributed by atoms with van der Waals surface area (Å²) in [5.74, 6) is -2.02. The van der Waals surface area contributed by atoms with Crippen LogP contribution in [0, 0.1) is 11.8 Å². The highest BCUT2D eigenvalue weighted by Gasteiger charge is 2.65. The Morgan fingerprint density at radius 2 is 1.71 bits per heavy atom. The van der Waals surface area contributed by atoms with Gasteiger partial charge in [-0.1, -0.05) is 23.9 Å². The lowest BCUT2D eigenvalue weighted by Gasteiger charge is -2.26. The number of halogens is 2. The number of urea groups is 1. The molecule has 0 radical (unpaired) electrons. The molecule has 1 aromatic carbocycles. The molecule has 0 aromatic heterocycles. The molecule has 1 aliphatic heterocycles. The zero-order valence-corrected chi connectivity index (χ0v) is 13.8. The second-order valence-corrected chi connectivity index (χ2v) is 7.82. The van der Waals surface area contributed by atoms with Crippen LogP contribution in [0.25, 0.3) is 0 Å². The van der Waals surface area contributed by atoms with Gasteiger partial charge in [0, 0.05) is 4.90 Å². The Bertz CT molecular complexity index is 660. The largest absolute Gasteiger partial charge is 0.325 e. The second-order valence-electron chi connectivity index (χ2n) is 6.76. The highest BCUT2D eigenvalue weighted by Crippen LogP contribution is 2.54. The number of rotatable bonds is 6. The molecule has 0 unspecified atom stereocenters. The minimum atomic E-state index is -2.46. The van der Waals surface area contributed by atoms with E-state index in [1.54, 1.807) is 24.3 Å². The first-order valence-corrected chi connectivity index (χ1v) is 9.06. The van der Waals surface area contributed by atoms with Crippen molar-refractivity contribution in [3.8, 4) is 0 Å². The number of carbonyl (C=O) groups is 2. The van der Waals surface area contributed by atoms with Crippen LogP contribution in [0.1, 0.15) is 31.2 Å². The fourth-order valence-corrected chi connectivity index (χ4v) is 4.18. The lowest BCUT2D eigenvalue weighted by molar-refractivity contribution is -0.133. The fourth-order valence-electron chi connectivity index (χ4n) is 3.68. The third-order valence-electron chi connectivity index (χ3n) is 5.09. The van der Waals surface area contributed by atoms with E-state index in [0.717, 1.165) is 31.2 Å². The highest BCUT2D eigenvalue weighted by molar-refractivity contribution is 7.99. The molecule has 0 spiro atoms. The van der Waals surface area contributed by atoms with Gasteiger partial charge in [-0.3, -0.25) is 9.69 Å².